The first-order chi connectivity index (χ1) is 12.1. The lowest BCUT2D eigenvalue weighted by Crippen LogP contribution is -2.23. The van der Waals surface area contributed by atoms with Crippen molar-refractivity contribution in [1.82, 2.24) is 29.9 Å². The van der Waals surface area contributed by atoms with Crippen LogP contribution in [0.4, 0.5) is 0 Å². The average molecular weight is 336 g/mol. The van der Waals surface area contributed by atoms with Crippen LogP contribution in [0.15, 0.2) is 30.3 Å². The van der Waals surface area contributed by atoms with E-state index in [9.17, 15) is 0 Å². The fraction of sp³-hybridized carbons (Fsp3) is 0.421. The van der Waals surface area contributed by atoms with E-state index in [0.717, 1.165) is 48.2 Å². The van der Waals surface area contributed by atoms with Gasteiger partial charge in [-0.1, -0.05) is 12.1 Å². The number of nitrogens with zero attached hydrogens (tertiary/aromatic N) is 5. The molecule has 25 heavy (non-hydrogen) atoms. The van der Waals surface area contributed by atoms with Crippen LogP contribution in [0.5, 0.6) is 0 Å². The number of nitrogens with one attached hydrogen (secondary N) is 1. The van der Waals surface area contributed by atoms with Gasteiger partial charge < -0.3 is 0 Å². The third-order valence-electron chi connectivity index (χ3n) is 4.83. The van der Waals surface area contributed by atoms with Gasteiger partial charge in [0.15, 0.2) is 5.82 Å². The van der Waals surface area contributed by atoms with Crippen molar-refractivity contribution in [2.45, 2.75) is 46.2 Å². The number of aryl methyl sites for hydroxylation is 3. The summed E-state index contributed by atoms with van der Waals surface area (Å²) in [7, 11) is 0. The topological polar surface area (TPSA) is 62.6 Å². The number of hydrogen-bond acceptors (Lipinski definition) is 4. The van der Waals surface area contributed by atoms with Gasteiger partial charge in [-0.3, -0.25) is 10.00 Å². The van der Waals surface area contributed by atoms with Gasteiger partial charge in [0.1, 0.15) is 5.82 Å². The monoisotopic (exact) mass is 336 g/mol. The molecule has 1 N–H and O–H groups in total. The highest BCUT2D eigenvalue weighted by Gasteiger charge is 2.29. The lowest BCUT2D eigenvalue weighted by molar-refractivity contribution is 0.240. The molecule has 0 aliphatic carbocycles. The Morgan fingerprint density at radius 3 is 2.80 bits per heavy atom. The largest absolute Gasteiger partial charge is 0.289 e. The molecule has 6 nitrogen and oxygen atoms in total. The Hall–Kier alpha value is -2.47. The van der Waals surface area contributed by atoms with Gasteiger partial charge in [0, 0.05) is 12.2 Å². The molecule has 1 aliphatic heterocycles. The molecular formula is C19H24N6. The van der Waals surface area contributed by atoms with E-state index in [4.69, 9.17) is 0 Å². The maximum atomic E-state index is 4.60. The summed E-state index contributed by atoms with van der Waals surface area (Å²) in [5.41, 5.74) is 4.61. The molecule has 3 aromatic rings. The summed E-state index contributed by atoms with van der Waals surface area (Å²) in [6, 6.07) is 11.1. The number of benzene rings is 1. The van der Waals surface area contributed by atoms with Gasteiger partial charge in [-0.25, -0.2) is 9.67 Å². The molecule has 4 rings (SSSR count). The number of H-pyrrole nitrogens is 1. The lowest BCUT2D eigenvalue weighted by Gasteiger charge is -2.22. The Kier molecular flexibility index (Phi) is 4.13. The molecule has 0 spiro atoms. The van der Waals surface area contributed by atoms with E-state index < -0.39 is 0 Å². The minimum Gasteiger partial charge on any atom is -0.289 e. The first kappa shape index (κ1) is 16.0. The highest BCUT2D eigenvalue weighted by molar-refractivity contribution is 5.37. The van der Waals surface area contributed by atoms with Crippen LogP contribution >= 0.6 is 0 Å². The molecule has 130 valence electrons. The molecule has 1 saturated heterocycles. The Bertz CT molecular complexity index is 878. The average Bonchev–Trinajstić information content (AvgIpc) is 3.28. The number of aromatic nitrogens is 5. The first-order valence-electron chi connectivity index (χ1n) is 8.86. The summed E-state index contributed by atoms with van der Waals surface area (Å²) in [6.45, 7) is 8.07. The summed E-state index contributed by atoms with van der Waals surface area (Å²) >= 11 is 0. The SMILES string of the molecule is Cc1cc(C)n(-c2cccc(CN3CCC[C@@H]3c3n[nH]c(C)n3)c2)n1. The van der Waals surface area contributed by atoms with Crippen molar-refractivity contribution in [3.05, 3.63) is 58.9 Å². The fourth-order valence-electron chi connectivity index (χ4n) is 3.73. The van der Waals surface area contributed by atoms with E-state index in [0.29, 0.717) is 6.04 Å². The summed E-state index contributed by atoms with van der Waals surface area (Å²) in [6.07, 6.45) is 2.31. The van der Waals surface area contributed by atoms with Crippen LogP contribution < -0.4 is 0 Å². The van der Waals surface area contributed by atoms with Crippen LogP contribution in [-0.4, -0.2) is 36.4 Å². The molecule has 0 bridgehead atoms. The number of aromatic amines is 1. The molecule has 0 unspecified atom stereocenters. The Morgan fingerprint density at radius 2 is 2.08 bits per heavy atom. The van der Waals surface area contributed by atoms with E-state index in [2.05, 4.69) is 62.4 Å². The molecule has 1 aromatic carbocycles. The molecule has 3 heterocycles. The summed E-state index contributed by atoms with van der Waals surface area (Å²) in [4.78, 5) is 7.02. The third kappa shape index (κ3) is 3.22. The van der Waals surface area contributed by atoms with E-state index in [1.54, 1.807) is 0 Å². The van der Waals surface area contributed by atoms with Gasteiger partial charge in [0.2, 0.25) is 0 Å². The van der Waals surface area contributed by atoms with Crippen molar-refractivity contribution < 1.29 is 0 Å². The molecule has 0 radical (unpaired) electrons. The van der Waals surface area contributed by atoms with Crippen LogP contribution in [-0.2, 0) is 6.54 Å². The van der Waals surface area contributed by atoms with Crippen LogP contribution in [0.1, 0.15) is 47.5 Å². The van der Waals surface area contributed by atoms with Gasteiger partial charge in [-0.05, 0) is 63.9 Å². The maximum Gasteiger partial charge on any atom is 0.167 e. The fourth-order valence-corrected chi connectivity index (χ4v) is 3.73. The lowest BCUT2D eigenvalue weighted by atomic mass is 10.1. The van der Waals surface area contributed by atoms with E-state index in [1.165, 1.54) is 12.0 Å². The molecule has 6 heteroatoms. The standard InChI is InChI=1S/C19H24N6/c1-13-10-14(2)25(23-13)17-7-4-6-16(11-17)12-24-9-5-8-18(24)19-20-15(3)21-22-19/h4,6-7,10-11,18H,5,8-9,12H2,1-3H3,(H,20,21,22)/t18-/m1/s1. The summed E-state index contributed by atoms with van der Waals surface area (Å²) in [5.74, 6) is 1.80. The van der Waals surface area contributed by atoms with Crippen molar-refractivity contribution >= 4 is 0 Å². The van der Waals surface area contributed by atoms with Gasteiger partial charge in [0.25, 0.3) is 0 Å². The van der Waals surface area contributed by atoms with Gasteiger partial charge in [-0.15, -0.1) is 0 Å². The van der Waals surface area contributed by atoms with Crippen LogP contribution in [0, 0.1) is 20.8 Å². The zero-order valence-corrected chi connectivity index (χ0v) is 15.0. The Balaban J connectivity index is 1.56. The minimum absolute atomic E-state index is 0.308. The highest BCUT2D eigenvalue weighted by atomic mass is 15.3. The predicted octanol–water partition coefficient (Wildman–Crippen LogP) is 3.25. The molecule has 1 fully saturated rings. The Labute approximate surface area is 147 Å². The van der Waals surface area contributed by atoms with Crippen LogP contribution in [0.3, 0.4) is 0 Å². The van der Waals surface area contributed by atoms with Crippen molar-refractivity contribution in [2.24, 2.45) is 0 Å². The minimum atomic E-state index is 0.308. The third-order valence-corrected chi connectivity index (χ3v) is 4.83. The Morgan fingerprint density at radius 1 is 1.20 bits per heavy atom. The highest BCUT2D eigenvalue weighted by Crippen LogP contribution is 2.31. The molecule has 0 saturated carbocycles. The summed E-state index contributed by atoms with van der Waals surface area (Å²) < 4.78 is 2.01. The smallest absolute Gasteiger partial charge is 0.167 e. The molecule has 1 aliphatic rings. The normalized spacial score (nSPS) is 18.1. The molecule has 2 aromatic heterocycles. The quantitative estimate of drug-likeness (QED) is 0.794. The van der Waals surface area contributed by atoms with E-state index >= 15 is 0 Å². The molecule has 0 amide bonds. The zero-order valence-electron chi connectivity index (χ0n) is 15.0. The van der Waals surface area contributed by atoms with Crippen molar-refractivity contribution in [3.8, 4) is 5.69 Å². The maximum absolute atomic E-state index is 4.60. The summed E-state index contributed by atoms with van der Waals surface area (Å²) in [5, 5.41) is 11.9. The number of hydrogen-bond donors (Lipinski definition) is 1. The zero-order chi connectivity index (χ0) is 17.4. The second kappa shape index (κ2) is 6.44. The van der Waals surface area contributed by atoms with Crippen molar-refractivity contribution in [1.29, 1.82) is 0 Å². The second-order valence-corrected chi connectivity index (χ2v) is 6.92. The number of rotatable bonds is 4. The van der Waals surface area contributed by atoms with Crippen LogP contribution in [0.25, 0.3) is 5.69 Å². The molecular weight excluding hydrogens is 312 g/mol. The second-order valence-electron chi connectivity index (χ2n) is 6.92. The molecule has 1 atom stereocenters. The van der Waals surface area contributed by atoms with Crippen molar-refractivity contribution in [2.75, 3.05) is 6.54 Å². The van der Waals surface area contributed by atoms with E-state index in [-0.39, 0.29) is 0 Å². The number of likely N-dealkylation sites (tertiary alicyclic amines) is 1. The van der Waals surface area contributed by atoms with Crippen LogP contribution in [0.2, 0.25) is 0 Å². The van der Waals surface area contributed by atoms with Gasteiger partial charge in [0.05, 0.1) is 17.4 Å². The van der Waals surface area contributed by atoms with E-state index in [1.807, 2.05) is 18.5 Å². The predicted molar refractivity (Wildman–Crippen MR) is 96.5 cm³/mol. The first-order valence-corrected chi connectivity index (χ1v) is 8.86. The van der Waals surface area contributed by atoms with Gasteiger partial charge in [-0.2, -0.15) is 10.2 Å². The van der Waals surface area contributed by atoms with Gasteiger partial charge >= 0.3 is 0 Å². The van der Waals surface area contributed by atoms with Crippen molar-refractivity contribution in [3.63, 3.8) is 0 Å².